The molecule has 0 aromatic heterocycles. The van der Waals surface area contributed by atoms with E-state index >= 15 is 0 Å². The Labute approximate surface area is 107 Å². The average molecular weight is 255 g/mol. The molecule has 102 valence electrons. The van der Waals surface area contributed by atoms with Crippen molar-refractivity contribution < 1.29 is 19.4 Å². The van der Waals surface area contributed by atoms with Crippen molar-refractivity contribution >= 4 is 11.9 Å². The molecule has 2 rings (SSSR count). The molecular weight excluding hydrogens is 234 g/mol. The van der Waals surface area contributed by atoms with Gasteiger partial charge in [0.15, 0.2) is 0 Å². The Morgan fingerprint density at radius 1 is 1.22 bits per heavy atom. The van der Waals surface area contributed by atoms with Gasteiger partial charge in [0.05, 0.1) is 12.0 Å². The second kappa shape index (κ2) is 5.69. The van der Waals surface area contributed by atoms with Crippen LogP contribution in [0.3, 0.4) is 0 Å². The smallest absolute Gasteiger partial charge is 0.306 e. The molecule has 1 amide bonds. The van der Waals surface area contributed by atoms with Crippen LogP contribution in [0.4, 0.5) is 0 Å². The zero-order chi connectivity index (χ0) is 13.1. The molecule has 2 atom stereocenters. The van der Waals surface area contributed by atoms with Crippen molar-refractivity contribution in [1.82, 2.24) is 5.32 Å². The Morgan fingerprint density at radius 3 is 2.44 bits per heavy atom. The van der Waals surface area contributed by atoms with Gasteiger partial charge in [-0.1, -0.05) is 0 Å². The average Bonchev–Trinajstić information content (AvgIpc) is 2.75. The van der Waals surface area contributed by atoms with E-state index in [1.54, 1.807) is 0 Å². The van der Waals surface area contributed by atoms with Crippen LogP contribution in [0.25, 0.3) is 0 Å². The molecule has 0 saturated heterocycles. The summed E-state index contributed by atoms with van der Waals surface area (Å²) in [5.41, 5.74) is 0. The molecule has 18 heavy (non-hydrogen) atoms. The van der Waals surface area contributed by atoms with Crippen LogP contribution in [-0.4, -0.2) is 35.7 Å². The molecule has 2 aliphatic carbocycles. The van der Waals surface area contributed by atoms with Gasteiger partial charge in [0.1, 0.15) is 0 Å². The van der Waals surface area contributed by atoms with Crippen molar-refractivity contribution in [2.24, 2.45) is 11.8 Å². The molecular formula is C13H21NO4. The lowest BCUT2D eigenvalue weighted by molar-refractivity contribution is -0.141. The maximum atomic E-state index is 11.9. The molecule has 2 aliphatic rings. The Hall–Kier alpha value is -1.10. The number of carbonyl (C=O) groups excluding carboxylic acids is 1. The predicted molar refractivity (Wildman–Crippen MR) is 65.0 cm³/mol. The third kappa shape index (κ3) is 3.02. The predicted octanol–water partition coefficient (Wildman–Crippen LogP) is 1.17. The van der Waals surface area contributed by atoms with E-state index in [0.717, 1.165) is 12.8 Å². The molecule has 5 heteroatoms. The molecule has 0 bridgehead atoms. The fourth-order valence-electron chi connectivity index (χ4n) is 2.82. The lowest BCUT2D eigenvalue weighted by Gasteiger charge is -2.35. The number of amides is 1. The maximum Gasteiger partial charge on any atom is 0.306 e. The van der Waals surface area contributed by atoms with E-state index < -0.39 is 5.97 Å². The number of carboxylic acid groups (broad SMARTS) is 1. The summed E-state index contributed by atoms with van der Waals surface area (Å²) in [6.07, 6.45) is 3.87. The number of hydrogen-bond donors (Lipinski definition) is 2. The number of carbonyl (C=O) groups is 2. The van der Waals surface area contributed by atoms with Crippen molar-refractivity contribution in [3.8, 4) is 0 Å². The number of hydrogen-bond acceptors (Lipinski definition) is 3. The molecule has 2 fully saturated rings. The number of rotatable bonds is 5. The molecule has 0 unspecified atom stereocenters. The van der Waals surface area contributed by atoms with Crippen LogP contribution in [0.1, 0.15) is 39.0 Å². The van der Waals surface area contributed by atoms with Crippen LogP contribution >= 0.6 is 0 Å². The minimum Gasteiger partial charge on any atom is -0.481 e. The van der Waals surface area contributed by atoms with Gasteiger partial charge < -0.3 is 15.2 Å². The molecule has 2 saturated carbocycles. The summed E-state index contributed by atoms with van der Waals surface area (Å²) in [4.78, 5) is 22.8. The number of carboxylic acids is 1. The highest BCUT2D eigenvalue weighted by atomic mass is 16.5. The SMILES string of the molecule is CCOC1CC(NC(=O)[C@@H]2CC[C@H](C(=O)O)C2)C1. The van der Waals surface area contributed by atoms with E-state index in [1.807, 2.05) is 6.92 Å². The van der Waals surface area contributed by atoms with Crippen LogP contribution in [0, 0.1) is 11.8 Å². The largest absolute Gasteiger partial charge is 0.481 e. The molecule has 0 aromatic carbocycles. The van der Waals surface area contributed by atoms with Gasteiger partial charge in [-0.25, -0.2) is 0 Å². The Balaban J connectivity index is 1.69. The first kappa shape index (κ1) is 13.3. The van der Waals surface area contributed by atoms with E-state index in [2.05, 4.69) is 5.32 Å². The highest BCUT2D eigenvalue weighted by Crippen LogP contribution is 2.32. The first-order chi connectivity index (χ1) is 8.60. The van der Waals surface area contributed by atoms with Gasteiger partial charge in [-0.05, 0) is 39.0 Å². The highest BCUT2D eigenvalue weighted by molar-refractivity contribution is 5.81. The first-order valence-electron chi connectivity index (χ1n) is 6.75. The minimum absolute atomic E-state index is 0.0266. The van der Waals surface area contributed by atoms with Crippen LogP contribution in [0.2, 0.25) is 0 Å². The van der Waals surface area contributed by atoms with Gasteiger partial charge in [0.2, 0.25) is 5.91 Å². The van der Waals surface area contributed by atoms with Crippen LogP contribution < -0.4 is 5.32 Å². The summed E-state index contributed by atoms with van der Waals surface area (Å²) >= 11 is 0. The van der Waals surface area contributed by atoms with Gasteiger partial charge in [-0.2, -0.15) is 0 Å². The van der Waals surface area contributed by atoms with Crippen LogP contribution in [0.5, 0.6) is 0 Å². The van der Waals surface area contributed by atoms with E-state index in [9.17, 15) is 9.59 Å². The lowest BCUT2D eigenvalue weighted by atomic mass is 9.88. The van der Waals surface area contributed by atoms with Crippen molar-refractivity contribution in [2.75, 3.05) is 6.61 Å². The maximum absolute atomic E-state index is 11.9. The fourth-order valence-corrected chi connectivity index (χ4v) is 2.82. The summed E-state index contributed by atoms with van der Waals surface area (Å²) in [6.45, 7) is 2.69. The summed E-state index contributed by atoms with van der Waals surface area (Å²) in [5, 5.41) is 11.9. The van der Waals surface area contributed by atoms with Crippen molar-refractivity contribution in [1.29, 1.82) is 0 Å². The molecule has 5 nitrogen and oxygen atoms in total. The third-order valence-electron chi connectivity index (χ3n) is 4.00. The van der Waals surface area contributed by atoms with Gasteiger partial charge in [0.25, 0.3) is 0 Å². The normalized spacial score (nSPS) is 34.9. The van der Waals surface area contributed by atoms with Crippen molar-refractivity contribution in [3.63, 3.8) is 0 Å². The second-order valence-electron chi connectivity index (χ2n) is 5.30. The Kier molecular flexibility index (Phi) is 4.22. The summed E-state index contributed by atoms with van der Waals surface area (Å²) in [6, 6.07) is 0.220. The Morgan fingerprint density at radius 2 is 1.89 bits per heavy atom. The number of nitrogens with one attached hydrogen (secondary N) is 1. The summed E-state index contributed by atoms with van der Waals surface area (Å²) in [7, 11) is 0. The van der Waals surface area contributed by atoms with E-state index in [-0.39, 0.29) is 29.9 Å². The van der Waals surface area contributed by atoms with Gasteiger partial charge >= 0.3 is 5.97 Å². The fraction of sp³-hybridized carbons (Fsp3) is 0.846. The van der Waals surface area contributed by atoms with Crippen molar-refractivity contribution in [3.05, 3.63) is 0 Å². The standard InChI is InChI=1S/C13H21NO4/c1-2-18-11-6-10(7-11)14-12(15)8-3-4-9(5-8)13(16)17/h8-11H,2-7H2,1H3,(H,14,15)(H,16,17)/t8-,9+,10?,11?/m1/s1. The van der Waals surface area contributed by atoms with Gasteiger partial charge in [0, 0.05) is 18.6 Å². The first-order valence-corrected chi connectivity index (χ1v) is 6.75. The molecule has 0 spiro atoms. The second-order valence-corrected chi connectivity index (χ2v) is 5.30. The molecule has 0 aromatic rings. The zero-order valence-corrected chi connectivity index (χ0v) is 10.7. The van der Waals surface area contributed by atoms with E-state index in [1.165, 1.54) is 0 Å². The molecule has 2 N–H and O–H groups in total. The van der Waals surface area contributed by atoms with Gasteiger partial charge in [-0.3, -0.25) is 9.59 Å². The molecule has 0 aliphatic heterocycles. The highest BCUT2D eigenvalue weighted by Gasteiger charge is 2.37. The van der Waals surface area contributed by atoms with Gasteiger partial charge in [-0.15, -0.1) is 0 Å². The minimum atomic E-state index is -0.773. The van der Waals surface area contributed by atoms with Crippen LogP contribution in [0.15, 0.2) is 0 Å². The number of aliphatic carboxylic acids is 1. The van der Waals surface area contributed by atoms with E-state index in [4.69, 9.17) is 9.84 Å². The van der Waals surface area contributed by atoms with Crippen LogP contribution in [-0.2, 0) is 14.3 Å². The quantitative estimate of drug-likeness (QED) is 0.773. The number of ether oxygens (including phenoxy) is 1. The zero-order valence-electron chi connectivity index (χ0n) is 10.7. The van der Waals surface area contributed by atoms with E-state index in [0.29, 0.717) is 25.9 Å². The van der Waals surface area contributed by atoms with Crippen molar-refractivity contribution in [2.45, 2.75) is 51.2 Å². The molecule has 0 heterocycles. The lowest BCUT2D eigenvalue weighted by Crippen LogP contribution is -2.49. The Bertz CT molecular complexity index is 325. The topological polar surface area (TPSA) is 75.6 Å². The summed E-state index contributed by atoms with van der Waals surface area (Å²) in [5.74, 6) is -1.19. The summed E-state index contributed by atoms with van der Waals surface area (Å²) < 4.78 is 5.43. The monoisotopic (exact) mass is 255 g/mol. The third-order valence-corrected chi connectivity index (χ3v) is 4.00. The molecule has 0 radical (unpaired) electrons.